The van der Waals surface area contributed by atoms with Gasteiger partial charge in [-0.2, -0.15) is 0 Å². The van der Waals surface area contributed by atoms with E-state index in [0.29, 0.717) is 16.7 Å². The Balaban J connectivity index is 1.64. The van der Waals surface area contributed by atoms with Crippen LogP contribution in [-0.2, 0) is 4.74 Å². The standard InChI is InChI=1S/C28H36O9/c1-35-17-10-16-11-18(14-6-2-3-7-14)22(23(30)15-8-4-5-9-15)25(32)21(16)19(12-17)36-28-27(34)26(33)24(31)20(13-29)37-28/h10-12,14-15,20,24,26-29,31-34H,2-9,13H2,1H3. The molecular weight excluding hydrogens is 480 g/mol. The number of aliphatic hydroxyl groups excluding tert-OH is 4. The summed E-state index contributed by atoms with van der Waals surface area (Å²) in [7, 11) is 1.49. The molecule has 5 rings (SSSR count). The molecule has 0 spiro atoms. The van der Waals surface area contributed by atoms with Crippen molar-refractivity contribution < 1.29 is 44.5 Å². The number of phenolic OH excluding ortho intramolecular Hbond substituents is 1. The number of phenols is 1. The second-order valence-corrected chi connectivity index (χ2v) is 10.6. The van der Waals surface area contributed by atoms with E-state index in [4.69, 9.17) is 14.2 Å². The maximum Gasteiger partial charge on any atom is 0.229 e. The number of rotatable bonds is 7. The van der Waals surface area contributed by atoms with Gasteiger partial charge in [0.1, 0.15) is 41.7 Å². The summed E-state index contributed by atoms with van der Waals surface area (Å²) in [6, 6.07) is 5.22. The molecule has 1 heterocycles. The lowest BCUT2D eigenvalue weighted by Gasteiger charge is -2.39. The van der Waals surface area contributed by atoms with Crippen molar-refractivity contribution in [1.82, 2.24) is 0 Å². The molecule has 5 atom stereocenters. The first-order chi connectivity index (χ1) is 17.8. The average Bonchev–Trinajstić information content (AvgIpc) is 3.63. The Morgan fingerprint density at radius 2 is 1.65 bits per heavy atom. The van der Waals surface area contributed by atoms with E-state index < -0.39 is 37.3 Å². The summed E-state index contributed by atoms with van der Waals surface area (Å²) >= 11 is 0. The second-order valence-electron chi connectivity index (χ2n) is 10.6. The van der Waals surface area contributed by atoms with Crippen molar-refractivity contribution in [2.75, 3.05) is 13.7 Å². The van der Waals surface area contributed by atoms with E-state index in [9.17, 15) is 30.3 Å². The van der Waals surface area contributed by atoms with Crippen LogP contribution in [-0.4, -0.2) is 75.7 Å². The van der Waals surface area contributed by atoms with E-state index in [0.717, 1.165) is 56.9 Å². The Labute approximate surface area is 215 Å². The SMILES string of the molecule is COc1cc(OC2OC(CO)C(O)C(O)C2O)c2c(O)c(C(=O)C3CCCC3)c(C3CCCC3)cc2c1. The van der Waals surface area contributed by atoms with Crippen LogP contribution in [0.3, 0.4) is 0 Å². The highest BCUT2D eigenvalue weighted by Gasteiger charge is 2.45. The molecule has 3 fully saturated rings. The molecule has 1 aliphatic heterocycles. The Morgan fingerprint density at radius 3 is 2.30 bits per heavy atom. The van der Waals surface area contributed by atoms with Crippen LogP contribution in [0, 0.1) is 5.92 Å². The molecular formula is C28H36O9. The molecule has 9 nitrogen and oxygen atoms in total. The van der Waals surface area contributed by atoms with Gasteiger partial charge in [-0.15, -0.1) is 0 Å². The molecule has 37 heavy (non-hydrogen) atoms. The predicted molar refractivity (Wildman–Crippen MR) is 134 cm³/mol. The van der Waals surface area contributed by atoms with Gasteiger partial charge in [-0.25, -0.2) is 0 Å². The van der Waals surface area contributed by atoms with Gasteiger partial charge in [0.05, 0.1) is 24.7 Å². The number of ketones is 1. The summed E-state index contributed by atoms with van der Waals surface area (Å²) in [6.07, 6.45) is 0.271. The molecule has 0 bridgehead atoms. The van der Waals surface area contributed by atoms with E-state index in [2.05, 4.69) is 0 Å². The normalized spacial score (nSPS) is 29.2. The van der Waals surface area contributed by atoms with Crippen LogP contribution in [0.1, 0.15) is 73.2 Å². The minimum Gasteiger partial charge on any atom is -0.506 e. The Bertz CT molecular complexity index is 1130. The number of carbonyl (C=O) groups is 1. The number of hydrogen-bond acceptors (Lipinski definition) is 9. The van der Waals surface area contributed by atoms with Gasteiger partial charge in [0.15, 0.2) is 5.78 Å². The zero-order valence-electron chi connectivity index (χ0n) is 21.0. The zero-order chi connectivity index (χ0) is 26.3. The Morgan fingerprint density at radius 1 is 0.973 bits per heavy atom. The smallest absolute Gasteiger partial charge is 0.229 e. The molecule has 0 aromatic heterocycles. The van der Waals surface area contributed by atoms with E-state index in [1.165, 1.54) is 13.2 Å². The molecule has 9 heteroatoms. The summed E-state index contributed by atoms with van der Waals surface area (Å²) in [6.45, 7) is -0.598. The predicted octanol–water partition coefficient (Wildman–Crippen LogP) is 2.76. The number of fused-ring (bicyclic) bond motifs is 1. The van der Waals surface area contributed by atoms with Gasteiger partial charge in [0.2, 0.25) is 6.29 Å². The molecule has 0 radical (unpaired) electrons. The quantitative estimate of drug-likeness (QED) is 0.351. The lowest BCUT2D eigenvalue weighted by atomic mass is 9.84. The van der Waals surface area contributed by atoms with Crippen LogP contribution in [0.25, 0.3) is 10.8 Å². The van der Waals surface area contributed by atoms with Crippen molar-refractivity contribution in [2.45, 2.75) is 88.0 Å². The fourth-order valence-corrected chi connectivity index (χ4v) is 6.19. The first-order valence-electron chi connectivity index (χ1n) is 13.2. The largest absolute Gasteiger partial charge is 0.506 e. The van der Waals surface area contributed by atoms with Gasteiger partial charge in [-0.3, -0.25) is 4.79 Å². The van der Waals surface area contributed by atoms with Crippen molar-refractivity contribution >= 4 is 16.6 Å². The van der Waals surface area contributed by atoms with Crippen molar-refractivity contribution in [3.05, 3.63) is 29.3 Å². The first-order valence-corrected chi connectivity index (χ1v) is 13.2. The molecule has 202 valence electrons. The summed E-state index contributed by atoms with van der Waals surface area (Å²) < 4.78 is 17.0. The second kappa shape index (κ2) is 10.7. The van der Waals surface area contributed by atoms with Crippen LogP contribution in [0.2, 0.25) is 0 Å². The average molecular weight is 517 g/mol. The molecule has 1 saturated heterocycles. The molecule has 3 aliphatic rings. The highest BCUT2D eigenvalue weighted by molar-refractivity contribution is 6.09. The van der Waals surface area contributed by atoms with Crippen LogP contribution in [0.4, 0.5) is 0 Å². The third kappa shape index (κ3) is 4.79. The monoisotopic (exact) mass is 516 g/mol. The van der Waals surface area contributed by atoms with Crippen molar-refractivity contribution in [3.63, 3.8) is 0 Å². The van der Waals surface area contributed by atoms with Crippen molar-refractivity contribution in [3.8, 4) is 17.2 Å². The Kier molecular flexibility index (Phi) is 7.60. The first kappa shape index (κ1) is 26.2. The van der Waals surface area contributed by atoms with Gasteiger partial charge < -0.3 is 39.7 Å². The molecule has 2 aromatic carbocycles. The fraction of sp³-hybridized carbons (Fsp3) is 0.607. The number of methoxy groups -OCH3 is 1. The molecule has 2 aliphatic carbocycles. The van der Waals surface area contributed by atoms with E-state index >= 15 is 0 Å². The van der Waals surface area contributed by atoms with Gasteiger partial charge in [-0.05, 0) is 54.7 Å². The van der Waals surface area contributed by atoms with Crippen molar-refractivity contribution in [1.29, 1.82) is 0 Å². The molecule has 0 amide bonds. The zero-order valence-corrected chi connectivity index (χ0v) is 21.0. The summed E-state index contributed by atoms with van der Waals surface area (Å²) in [4.78, 5) is 13.7. The van der Waals surface area contributed by atoms with Crippen LogP contribution >= 0.6 is 0 Å². The van der Waals surface area contributed by atoms with Gasteiger partial charge in [0.25, 0.3) is 0 Å². The Hall–Kier alpha value is -2.43. The minimum atomic E-state index is -1.63. The molecule has 2 aromatic rings. The summed E-state index contributed by atoms with van der Waals surface area (Å²) in [5.74, 6) is 0.355. The molecule has 5 unspecified atom stereocenters. The number of ether oxygens (including phenoxy) is 3. The number of aromatic hydroxyl groups is 1. The highest BCUT2D eigenvalue weighted by Crippen LogP contribution is 2.47. The minimum absolute atomic E-state index is 0.0478. The number of benzene rings is 2. The van der Waals surface area contributed by atoms with Gasteiger partial charge in [-0.1, -0.05) is 25.7 Å². The van der Waals surface area contributed by atoms with E-state index in [-0.39, 0.29) is 34.5 Å². The molecule has 2 saturated carbocycles. The lowest BCUT2D eigenvalue weighted by Crippen LogP contribution is -2.60. The van der Waals surface area contributed by atoms with Gasteiger partial charge >= 0.3 is 0 Å². The van der Waals surface area contributed by atoms with Gasteiger partial charge in [0, 0.05) is 12.0 Å². The highest BCUT2D eigenvalue weighted by atomic mass is 16.7. The van der Waals surface area contributed by atoms with Crippen LogP contribution in [0.15, 0.2) is 18.2 Å². The number of carbonyl (C=O) groups excluding carboxylic acids is 1. The van der Waals surface area contributed by atoms with E-state index in [1.54, 1.807) is 6.07 Å². The third-order valence-corrected chi connectivity index (χ3v) is 8.27. The summed E-state index contributed by atoms with van der Waals surface area (Å²) in [5.41, 5.74) is 1.20. The number of Topliss-reactive ketones (excluding diaryl/α,β-unsaturated/α-hetero) is 1. The maximum absolute atomic E-state index is 13.7. The fourth-order valence-electron chi connectivity index (χ4n) is 6.19. The van der Waals surface area contributed by atoms with Crippen molar-refractivity contribution in [2.24, 2.45) is 5.92 Å². The number of aliphatic hydroxyl groups is 4. The lowest BCUT2D eigenvalue weighted by molar-refractivity contribution is -0.277. The van der Waals surface area contributed by atoms with Crippen LogP contribution in [0.5, 0.6) is 17.2 Å². The maximum atomic E-state index is 13.7. The topological polar surface area (TPSA) is 146 Å². The number of hydrogen-bond donors (Lipinski definition) is 5. The molecule has 5 N–H and O–H groups in total. The van der Waals surface area contributed by atoms with E-state index in [1.807, 2.05) is 6.07 Å². The van der Waals surface area contributed by atoms with Crippen LogP contribution < -0.4 is 9.47 Å². The summed E-state index contributed by atoms with van der Waals surface area (Å²) in [5, 5.41) is 53.0. The third-order valence-electron chi connectivity index (χ3n) is 8.27.